The first-order valence-corrected chi connectivity index (χ1v) is 11.4. The summed E-state index contributed by atoms with van der Waals surface area (Å²) in [6.45, 7) is 5.49. The summed E-state index contributed by atoms with van der Waals surface area (Å²) >= 11 is 2.75. The Morgan fingerprint density at radius 1 is 1.13 bits per heavy atom. The number of thiophene rings is 1. The van der Waals surface area contributed by atoms with Crippen LogP contribution in [0.3, 0.4) is 0 Å². The summed E-state index contributed by atoms with van der Waals surface area (Å²) in [5.41, 5.74) is 4.19. The Balaban J connectivity index is 1.51. The minimum atomic E-state index is -0.493. The third-order valence-corrected chi connectivity index (χ3v) is 7.01. The molecule has 0 fully saturated rings. The Bertz CT molecular complexity index is 1330. The molecule has 31 heavy (non-hydrogen) atoms. The molecule has 0 saturated heterocycles. The van der Waals surface area contributed by atoms with Gasteiger partial charge in [-0.1, -0.05) is 18.2 Å². The van der Waals surface area contributed by atoms with Crippen LogP contribution in [0.1, 0.15) is 39.7 Å². The van der Waals surface area contributed by atoms with Crippen molar-refractivity contribution < 1.29 is 9.59 Å². The van der Waals surface area contributed by atoms with E-state index in [9.17, 15) is 9.59 Å². The van der Waals surface area contributed by atoms with Gasteiger partial charge in [-0.25, -0.2) is 9.97 Å². The number of carbonyl (C=O) groups excluding carboxylic acids is 2. The summed E-state index contributed by atoms with van der Waals surface area (Å²) in [6.07, 6.45) is -0.493. The van der Waals surface area contributed by atoms with E-state index in [1.165, 1.54) is 29.6 Å². The number of para-hydroxylation sites is 1. The number of anilines is 3. The number of rotatable bonds is 3. The van der Waals surface area contributed by atoms with Crippen molar-refractivity contribution in [1.29, 1.82) is 0 Å². The number of nitrogens with one attached hydrogen (secondary N) is 2. The number of aryl methyl sites for hydroxylation is 2. The lowest BCUT2D eigenvalue weighted by atomic mass is 10.1. The van der Waals surface area contributed by atoms with E-state index in [0.717, 1.165) is 32.8 Å². The average molecular weight is 450 g/mol. The number of pyridine rings is 1. The predicted octanol–water partition coefficient (Wildman–Crippen LogP) is 4.91. The summed E-state index contributed by atoms with van der Waals surface area (Å²) in [7, 11) is 0. The quantitative estimate of drug-likeness (QED) is 0.464. The minimum Gasteiger partial charge on any atom is -0.358 e. The van der Waals surface area contributed by atoms with Crippen LogP contribution in [0, 0.1) is 13.8 Å². The van der Waals surface area contributed by atoms with Crippen LogP contribution in [0.5, 0.6) is 0 Å². The van der Waals surface area contributed by atoms with Gasteiger partial charge in [0, 0.05) is 23.4 Å². The average Bonchev–Trinajstić information content (AvgIpc) is 3.34. The SMILES string of the molecule is CC(=O)N(c1ccccc1)c1nc([C@H]2NC(=O)c3sc4nc(C)cc(C)c4c3N2)cs1. The maximum absolute atomic E-state index is 12.8. The van der Waals surface area contributed by atoms with Crippen LogP contribution in [-0.2, 0) is 4.79 Å². The van der Waals surface area contributed by atoms with E-state index in [1.54, 1.807) is 4.90 Å². The molecule has 1 aliphatic heterocycles. The van der Waals surface area contributed by atoms with Crippen molar-refractivity contribution in [2.24, 2.45) is 0 Å². The minimum absolute atomic E-state index is 0.129. The highest BCUT2D eigenvalue weighted by Crippen LogP contribution is 2.41. The molecule has 2 amide bonds. The predicted molar refractivity (Wildman–Crippen MR) is 124 cm³/mol. The van der Waals surface area contributed by atoms with Crippen LogP contribution in [0.25, 0.3) is 10.2 Å². The largest absolute Gasteiger partial charge is 0.358 e. The normalized spacial score (nSPS) is 15.3. The number of nitrogens with zero attached hydrogens (tertiary/aromatic N) is 3. The third kappa shape index (κ3) is 3.35. The fourth-order valence-electron chi connectivity index (χ4n) is 3.78. The number of thiazole rings is 1. The number of hydrogen-bond acceptors (Lipinski definition) is 7. The molecule has 156 valence electrons. The second kappa shape index (κ2) is 7.44. The zero-order valence-electron chi connectivity index (χ0n) is 17.1. The molecule has 3 aromatic heterocycles. The number of fused-ring (bicyclic) bond motifs is 3. The maximum atomic E-state index is 12.8. The van der Waals surface area contributed by atoms with Crippen LogP contribution in [0.15, 0.2) is 41.8 Å². The molecular formula is C22H19N5O2S2. The second-order valence-corrected chi connectivity index (χ2v) is 9.20. The van der Waals surface area contributed by atoms with Crippen LogP contribution in [0.2, 0.25) is 0 Å². The molecule has 0 aliphatic carbocycles. The van der Waals surface area contributed by atoms with Crippen LogP contribution in [-0.4, -0.2) is 21.8 Å². The molecule has 0 radical (unpaired) electrons. The van der Waals surface area contributed by atoms with Gasteiger partial charge >= 0.3 is 0 Å². The van der Waals surface area contributed by atoms with Crippen LogP contribution >= 0.6 is 22.7 Å². The van der Waals surface area contributed by atoms with Gasteiger partial charge in [-0.15, -0.1) is 22.7 Å². The number of hydrogen-bond donors (Lipinski definition) is 2. The van der Waals surface area contributed by atoms with E-state index in [1.807, 2.05) is 55.6 Å². The highest BCUT2D eigenvalue weighted by atomic mass is 32.1. The monoisotopic (exact) mass is 449 g/mol. The van der Waals surface area contributed by atoms with E-state index in [0.29, 0.717) is 15.7 Å². The van der Waals surface area contributed by atoms with E-state index in [2.05, 4.69) is 20.6 Å². The molecule has 1 aliphatic rings. The van der Waals surface area contributed by atoms with Crippen molar-refractivity contribution >= 4 is 61.2 Å². The van der Waals surface area contributed by atoms with E-state index < -0.39 is 6.17 Å². The number of carbonyl (C=O) groups is 2. The third-order valence-electron chi connectivity index (χ3n) is 5.08. The van der Waals surface area contributed by atoms with Crippen LogP contribution in [0.4, 0.5) is 16.5 Å². The standard InChI is InChI=1S/C22H19N5O2S2/c1-11-9-12(2)23-21-16(11)17-18(31-21)20(29)26-19(25-17)15-10-30-22(24-15)27(13(3)28)14-7-5-4-6-8-14/h4-10,19,25H,1-3H3,(H,26,29)/t19-/m1/s1. The van der Waals surface area contributed by atoms with Crippen molar-refractivity contribution in [2.45, 2.75) is 26.9 Å². The molecule has 1 aromatic carbocycles. The van der Waals surface area contributed by atoms with E-state index in [4.69, 9.17) is 0 Å². The molecule has 2 N–H and O–H groups in total. The Kier molecular flexibility index (Phi) is 4.71. The summed E-state index contributed by atoms with van der Waals surface area (Å²) in [4.78, 5) is 37.5. The fraction of sp³-hybridized carbons (Fsp3) is 0.182. The molecule has 0 unspecified atom stereocenters. The van der Waals surface area contributed by atoms with Crippen molar-refractivity contribution in [3.05, 3.63) is 63.6 Å². The maximum Gasteiger partial charge on any atom is 0.265 e. The van der Waals surface area contributed by atoms with Gasteiger partial charge in [0.15, 0.2) is 5.13 Å². The lowest BCUT2D eigenvalue weighted by Gasteiger charge is -2.25. The Labute approximate surface area is 186 Å². The van der Waals surface area contributed by atoms with Crippen molar-refractivity contribution in [3.8, 4) is 0 Å². The van der Waals surface area contributed by atoms with Crippen LogP contribution < -0.4 is 15.5 Å². The Morgan fingerprint density at radius 3 is 2.65 bits per heavy atom. The molecule has 9 heteroatoms. The van der Waals surface area contributed by atoms with Gasteiger partial charge in [0.05, 0.1) is 17.1 Å². The van der Waals surface area contributed by atoms with Gasteiger partial charge in [0.2, 0.25) is 5.91 Å². The number of aromatic nitrogens is 2. The lowest BCUT2D eigenvalue weighted by molar-refractivity contribution is -0.115. The second-order valence-electron chi connectivity index (χ2n) is 7.36. The number of amides is 2. The Hall–Kier alpha value is -3.30. The van der Waals surface area contributed by atoms with Crippen molar-refractivity contribution in [1.82, 2.24) is 15.3 Å². The zero-order chi connectivity index (χ0) is 21.7. The highest BCUT2D eigenvalue weighted by molar-refractivity contribution is 7.21. The molecule has 7 nitrogen and oxygen atoms in total. The summed E-state index contributed by atoms with van der Waals surface area (Å²) in [6, 6.07) is 11.4. The first-order chi connectivity index (χ1) is 14.9. The van der Waals surface area contributed by atoms with Crippen molar-refractivity contribution in [2.75, 3.05) is 10.2 Å². The topological polar surface area (TPSA) is 87.2 Å². The lowest BCUT2D eigenvalue weighted by Crippen LogP contribution is -2.37. The first-order valence-electron chi connectivity index (χ1n) is 9.71. The first kappa shape index (κ1) is 19.7. The summed E-state index contributed by atoms with van der Waals surface area (Å²) < 4.78 is 0. The molecule has 4 aromatic rings. The summed E-state index contributed by atoms with van der Waals surface area (Å²) in [5.74, 6) is -0.282. The molecular weight excluding hydrogens is 430 g/mol. The van der Waals surface area contributed by atoms with Gasteiger partial charge < -0.3 is 10.6 Å². The number of benzene rings is 1. The smallest absolute Gasteiger partial charge is 0.265 e. The molecule has 4 heterocycles. The molecule has 5 rings (SSSR count). The zero-order valence-corrected chi connectivity index (χ0v) is 18.7. The van der Waals surface area contributed by atoms with Crippen molar-refractivity contribution in [3.63, 3.8) is 0 Å². The van der Waals surface area contributed by atoms with Gasteiger partial charge in [-0.2, -0.15) is 0 Å². The molecule has 0 bridgehead atoms. The summed E-state index contributed by atoms with van der Waals surface area (Å²) in [5, 5.41) is 9.79. The van der Waals surface area contributed by atoms with Gasteiger partial charge in [-0.05, 0) is 37.6 Å². The highest BCUT2D eigenvalue weighted by Gasteiger charge is 2.31. The Morgan fingerprint density at radius 2 is 1.90 bits per heavy atom. The fourth-order valence-corrected chi connectivity index (χ4v) is 5.85. The van der Waals surface area contributed by atoms with E-state index >= 15 is 0 Å². The molecule has 0 spiro atoms. The van der Waals surface area contributed by atoms with Gasteiger partial charge in [0.25, 0.3) is 5.91 Å². The molecule has 0 saturated carbocycles. The van der Waals surface area contributed by atoms with E-state index in [-0.39, 0.29) is 11.8 Å². The van der Waals surface area contributed by atoms with Gasteiger partial charge in [0.1, 0.15) is 15.9 Å². The van der Waals surface area contributed by atoms with Gasteiger partial charge in [-0.3, -0.25) is 14.5 Å². The molecule has 1 atom stereocenters.